The van der Waals surface area contributed by atoms with Gasteiger partial charge in [0.15, 0.2) is 5.13 Å². The van der Waals surface area contributed by atoms with Crippen LogP contribution in [0.2, 0.25) is 0 Å². The van der Waals surface area contributed by atoms with Gasteiger partial charge in [0.05, 0.1) is 18.2 Å². The van der Waals surface area contributed by atoms with Gasteiger partial charge in [-0.25, -0.2) is 9.37 Å². The lowest BCUT2D eigenvalue weighted by Gasteiger charge is -2.13. The standard InChI is InChI=1S/C19H18FN3OS/c1-13(14-5-3-2-4-6-14)21-18(24)11-17-12-25-19(23-17)22-16-9-7-15(20)8-10-16/h2-10,12-13H,11H2,1H3,(H,21,24)(H,22,23). The first-order chi connectivity index (χ1) is 12.1. The van der Waals surface area contributed by atoms with Crippen LogP contribution in [0, 0.1) is 5.82 Å². The van der Waals surface area contributed by atoms with Gasteiger partial charge in [-0.05, 0) is 36.8 Å². The molecule has 0 fully saturated rings. The lowest BCUT2D eigenvalue weighted by molar-refractivity contribution is -0.121. The Hall–Kier alpha value is -2.73. The molecule has 1 amide bonds. The van der Waals surface area contributed by atoms with Gasteiger partial charge in [0.2, 0.25) is 5.91 Å². The third-order valence-corrected chi connectivity index (χ3v) is 4.47. The molecule has 1 atom stereocenters. The van der Waals surface area contributed by atoms with E-state index in [1.807, 2.05) is 42.6 Å². The van der Waals surface area contributed by atoms with E-state index in [1.165, 1.54) is 23.5 Å². The van der Waals surface area contributed by atoms with Crippen molar-refractivity contribution in [1.82, 2.24) is 10.3 Å². The number of nitrogens with one attached hydrogen (secondary N) is 2. The molecular formula is C19H18FN3OS. The van der Waals surface area contributed by atoms with Crippen molar-refractivity contribution in [1.29, 1.82) is 0 Å². The van der Waals surface area contributed by atoms with Crippen LogP contribution in [0.1, 0.15) is 24.2 Å². The van der Waals surface area contributed by atoms with Gasteiger partial charge in [-0.2, -0.15) is 0 Å². The van der Waals surface area contributed by atoms with Crippen LogP contribution < -0.4 is 10.6 Å². The lowest BCUT2D eigenvalue weighted by Crippen LogP contribution is -2.28. The van der Waals surface area contributed by atoms with E-state index >= 15 is 0 Å². The van der Waals surface area contributed by atoms with Gasteiger partial charge >= 0.3 is 0 Å². The van der Waals surface area contributed by atoms with Gasteiger partial charge in [-0.15, -0.1) is 11.3 Å². The summed E-state index contributed by atoms with van der Waals surface area (Å²) in [5, 5.41) is 8.59. The molecule has 0 aliphatic heterocycles. The molecule has 6 heteroatoms. The van der Waals surface area contributed by atoms with E-state index in [4.69, 9.17) is 0 Å². The summed E-state index contributed by atoms with van der Waals surface area (Å²) in [6.45, 7) is 1.95. The number of rotatable bonds is 6. The highest BCUT2D eigenvalue weighted by Crippen LogP contribution is 2.21. The van der Waals surface area contributed by atoms with Crippen LogP contribution in [0.3, 0.4) is 0 Å². The quantitative estimate of drug-likeness (QED) is 0.687. The fourth-order valence-electron chi connectivity index (χ4n) is 2.38. The predicted molar refractivity (Wildman–Crippen MR) is 98.5 cm³/mol. The molecule has 4 nitrogen and oxygen atoms in total. The minimum absolute atomic E-state index is 0.0517. The Bertz CT molecular complexity index is 833. The van der Waals surface area contributed by atoms with E-state index in [0.717, 1.165) is 11.3 Å². The first kappa shape index (κ1) is 17.1. The van der Waals surface area contributed by atoms with Crippen LogP contribution in [0.15, 0.2) is 60.0 Å². The average Bonchev–Trinajstić information content (AvgIpc) is 3.04. The first-order valence-electron chi connectivity index (χ1n) is 7.91. The summed E-state index contributed by atoms with van der Waals surface area (Å²) in [6.07, 6.45) is 0.221. The molecule has 0 spiro atoms. The number of anilines is 2. The van der Waals surface area contributed by atoms with Crippen LogP contribution in [0.25, 0.3) is 0 Å². The Morgan fingerprint density at radius 3 is 2.60 bits per heavy atom. The Balaban J connectivity index is 1.55. The molecule has 2 aromatic carbocycles. The van der Waals surface area contributed by atoms with Gasteiger partial charge in [0.1, 0.15) is 5.82 Å². The molecule has 2 N–H and O–H groups in total. The molecule has 3 aromatic rings. The van der Waals surface area contributed by atoms with E-state index < -0.39 is 0 Å². The summed E-state index contributed by atoms with van der Waals surface area (Å²) in [5.41, 5.74) is 2.52. The molecule has 0 saturated carbocycles. The zero-order valence-corrected chi connectivity index (χ0v) is 14.5. The normalized spacial score (nSPS) is 11.8. The molecule has 0 aliphatic rings. The summed E-state index contributed by atoms with van der Waals surface area (Å²) >= 11 is 1.41. The van der Waals surface area contributed by atoms with E-state index in [0.29, 0.717) is 10.8 Å². The van der Waals surface area contributed by atoms with Crippen LogP contribution in [-0.4, -0.2) is 10.9 Å². The molecule has 1 unspecified atom stereocenters. The number of thiazole rings is 1. The summed E-state index contributed by atoms with van der Waals surface area (Å²) in [5.74, 6) is -0.357. The number of halogens is 1. The molecule has 0 aliphatic carbocycles. The Kier molecular flexibility index (Phi) is 5.40. The van der Waals surface area contributed by atoms with E-state index in [1.54, 1.807) is 12.1 Å². The minimum atomic E-state index is -0.283. The molecule has 1 aromatic heterocycles. The van der Waals surface area contributed by atoms with Crippen molar-refractivity contribution in [3.05, 3.63) is 77.1 Å². The maximum Gasteiger partial charge on any atom is 0.226 e. The SMILES string of the molecule is CC(NC(=O)Cc1csc(Nc2ccc(F)cc2)n1)c1ccccc1. The Morgan fingerprint density at radius 2 is 1.88 bits per heavy atom. The number of aromatic nitrogens is 1. The van der Waals surface area contributed by atoms with Crippen LogP contribution in [0.4, 0.5) is 15.2 Å². The van der Waals surface area contributed by atoms with Crippen molar-refractivity contribution in [2.75, 3.05) is 5.32 Å². The molecule has 0 radical (unpaired) electrons. The lowest BCUT2D eigenvalue weighted by atomic mass is 10.1. The van der Waals surface area contributed by atoms with Gasteiger partial charge in [0, 0.05) is 11.1 Å². The smallest absolute Gasteiger partial charge is 0.226 e. The zero-order valence-electron chi connectivity index (χ0n) is 13.7. The molecule has 0 bridgehead atoms. The number of hydrogen-bond donors (Lipinski definition) is 2. The second-order valence-corrected chi connectivity index (χ2v) is 6.51. The van der Waals surface area contributed by atoms with Crippen LogP contribution >= 0.6 is 11.3 Å². The number of benzene rings is 2. The fraction of sp³-hybridized carbons (Fsp3) is 0.158. The number of hydrogen-bond acceptors (Lipinski definition) is 4. The van der Waals surface area contributed by atoms with Crippen molar-refractivity contribution in [2.24, 2.45) is 0 Å². The summed E-state index contributed by atoms with van der Waals surface area (Å²) in [7, 11) is 0. The van der Waals surface area contributed by atoms with Crippen molar-refractivity contribution < 1.29 is 9.18 Å². The van der Waals surface area contributed by atoms with Crippen molar-refractivity contribution in [2.45, 2.75) is 19.4 Å². The maximum atomic E-state index is 12.9. The van der Waals surface area contributed by atoms with Gasteiger partial charge in [-0.1, -0.05) is 30.3 Å². The van der Waals surface area contributed by atoms with E-state index in [-0.39, 0.29) is 24.2 Å². The third-order valence-electron chi connectivity index (χ3n) is 3.67. The molecular weight excluding hydrogens is 337 g/mol. The second-order valence-electron chi connectivity index (χ2n) is 5.65. The van der Waals surface area contributed by atoms with Gasteiger partial charge in [-0.3, -0.25) is 4.79 Å². The van der Waals surface area contributed by atoms with Crippen molar-refractivity contribution >= 4 is 28.1 Å². The largest absolute Gasteiger partial charge is 0.349 e. The molecule has 0 saturated heterocycles. The van der Waals surface area contributed by atoms with Gasteiger partial charge < -0.3 is 10.6 Å². The number of carbonyl (C=O) groups is 1. The molecule has 3 rings (SSSR count). The highest BCUT2D eigenvalue weighted by atomic mass is 32.1. The number of carbonyl (C=O) groups excluding carboxylic acids is 1. The average molecular weight is 355 g/mol. The van der Waals surface area contributed by atoms with Crippen LogP contribution in [0.5, 0.6) is 0 Å². The topological polar surface area (TPSA) is 54.0 Å². The Labute approximate surface area is 149 Å². The molecule has 1 heterocycles. The van der Waals surface area contributed by atoms with Crippen molar-refractivity contribution in [3.8, 4) is 0 Å². The highest BCUT2D eigenvalue weighted by Gasteiger charge is 2.12. The monoisotopic (exact) mass is 355 g/mol. The highest BCUT2D eigenvalue weighted by molar-refractivity contribution is 7.13. The first-order valence-corrected chi connectivity index (χ1v) is 8.79. The number of nitrogens with zero attached hydrogens (tertiary/aromatic N) is 1. The summed E-state index contributed by atoms with van der Waals surface area (Å²) in [4.78, 5) is 16.6. The van der Waals surface area contributed by atoms with E-state index in [2.05, 4.69) is 15.6 Å². The zero-order chi connectivity index (χ0) is 17.6. The second kappa shape index (κ2) is 7.90. The Morgan fingerprint density at radius 1 is 1.16 bits per heavy atom. The number of amides is 1. The predicted octanol–water partition coefficient (Wildman–Crippen LogP) is 4.45. The maximum absolute atomic E-state index is 12.9. The van der Waals surface area contributed by atoms with Crippen LogP contribution in [-0.2, 0) is 11.2 Å². The molecule has 25 heavy (non-hydrogen) atoms. The van der Waals surface area contributed by atoms with Gasteiger partial charge in [0.25, 0.3) is 0 Å². The molecule has 128 valence electrons. The third kappa shape index (κ3) is 4.87. The summed E-state index contributed by atoms with van der Waals surface area (Å²) < 4.78 is 12.9. The minimum Gasteiger partial charge on any atom is -0.349 e. The van der Waals surface area contributed by atoms with E-state index in [9.17, 15) is 9.18 Å². The summed E-state index contributed by atoms with van der Waals surface area (Å²) in [6, 6.07) is 15.8. The fourth-order valence-corrected chi connectivity index (χ4v) is 3.11. The van der Waals surface area contributed by atoms with Crippen molar-refractivity contribution in [3.63, 3.8) is 0 Å².